The maximum absolute atomic E-state index is 2.37. The van der Waals surface area contributed by atoms with E-state index in [0.29, 0.717) is 0 Å². The molecule has 0 heterocycles. The van der Waals surface area contributed by atoms with Gasteiger partial charge in [-0.15, -0.1) is 0 Å². The van der Waals surface area contributed by atoms with Crippen LogP contribution in [0.15, 0.2) is 206 Å². The summed E-state index contributed by atoms with van der Waals surface area (Å²) in [7, 11) is 0. The van der Waals surface area contributed by atoms with Crippen LogP contribution in [0.1, 0.15) is 22.3 Å². The van der Waals surface area contributed by atoms with E-state index in [1.165, 1.54) is 111 Å². The van der Waals surface area contributed by atoms with Crippen molar-refractivity contribution in [2.75, 3.05) is 0 Å². The molecule has 0 aliphatic rings. The minimum atomic E-state index is 1.20. The lowest BCUT2D eigenvalue weighted by Crippen LogP contribution is -2.02. The van der Waals surface area contributed by atoms with Crippen molar-refractivity contribution < 1.29 is 0 Å². The standard InChI is InChI=1S/C58H46/c1-39-51(43-23-11-5-12-24-43)40(2)54(46-29-17-8-18-30-46)57(53(39)45-27-15-7-16-28-45)49-35-37-50(38-36-49)58-55(47-31-19-9-20-32-47)41(3)52(44-25-13-6-14-26-44)42(4)56(58)48-33-21-10-22-34-48/h5-38H,1-4H3. The molecule has 0 aliphatic carbocycles. The van der Waals surface area contributed by atoms with Crippen molar-refractivity contribution in [2.45, 2.75) is 27.7 Å². The van der Waals surface area contributed by atoms with E-state index in [9.17, 15) is 0 Å². The fourth-order valence-electron chi connectivity index (χ4n) is 9.38. The molecule has 0 unspecified atom stereocenters. The average molecular weight is 743 g/mol. The van der Waals surface area contributed by atoms with Crippen LogP contribution in [0.3, 0.4) is 0 Å². The van der Waals surface area contributed by atoms with Crippen LogP contribution in [0.5, 0.6) is 0 Å². The van der Waals surface area contributed by atoms with Crippen LogP contribution in [0.25, 0.3) is 89.0 Å². The fraction of sp³-hybridized carbons (Fsp3) is 0.0690. The van der Waals surface area contributed by atoms with Crippen molar-refractivity contribution in [3.05, 3.63) is 229 Å². The Labute approximate surface area is 343 Å². The van der Waals surface area contributed by atoms with E-state index in [1.54, 1.807) is 0 Å². The predicted molar refractivity (Wildman–Crippen MR) is 249 cm³/mol. The molecule has 0 radical (unpaired) electrons. The molecule has 0 spiro atoms. The molecule has 0 aromatic heterocycles. The van der Waals surface area contributed by atoms with Crippen LogP contribution in [0, 0.1) is 27.7 Å². The van der Waals surface area contributed by atoms with Gasteiger partial charge in [0.1, 0.15) is 0 Å². The molecule has 0 nitrogen and oxygen atoms in total. The molecule has 0 fully saturated rings. The summed E-state index contributed by atoms with van der Waals surface area (Å²) in [6.07, 6.45) is 0. The minimum absolute atomic E-state index is 1.20. The van der Waals surface area contributed by atoms with E-state index in [-0.39, 0.29) is 0 Å². The lowest BCUT2D eigenvalue weighted by molar-refractivity contribution is 1.36. The highest BCUT2D eigenvalue weighted by molar-refractivity contribution is 6.04. The summed E-state index contributed by atoms with van der Waals surface area (Å²) in [5.41, 5.74) is 25.1. The lowest BCUT2D eigenvalue weighted by Gasteiger charge is -2.27. The van der Waals surface area contributed by atoms with E-state index in [2.05, 4.69) is 234 Å². The van der Waals surface area contributed by atoms with Crippen molar-refractivity contribution in [1.29, 1.82) is 0 Å². The van der Waals surface area contributed by atoms with Gasteiger partial charge >= 0.3 is 0 Å². The zero-order chi connectivity index (χ0) is 39.6. The molecule has 9 aromatic rings. The Hall–Kier alpha value is -7.02. The predicted octanol–water partition coefficient (Wildman–Crippen LogP) is 16.3. The summed E-state index contributed by atoms with van der Waals surface area (Å²) in [6, 6.07) is 75.0. The second-order valence-electron chi connectivity index (χ2n) is 15.3. The van der Waals surface area contributed by atoms with Gasteiger partial charge < -0.3 is 0 Å². The topological polar surface area (TPSA) is 0 Å². The molecule has 0 bridgehead atoms. The van der Waals surface area contributed by atoms with Crippen molar-refractivity contribution in [2.24, 2.45) is 0 Å². The van der Waals surface area contributed by atoms with Crippen LogP contribution in [0.2, 0.25) is 0 Å². The molecule has 0 amide bonds. The van der Waals surface area contributed by atoms with Gasteiger partial charge in [-0.1, -0.05) is 206 Å². The van der Waals surface area contributed by atoms with E-state index in [1.807, 2.05) is 0 Å². The van der Waals surface area contributed by atoms with Gasteiger partial charge in [-0.05, 0) is 139 Å². The summed E-state index contributed by atoms with van der Waals surface area (Å²) in [6.45, 7) is 9.23. The summed E-state index contributed by atoms with van der Waals surface area (Å²) in [5, 5.41) is 0. The van der Waals surface area contributed by atoms with Crippen LogP contribution < -0.4 is 0 Å². The van der Waals surface area contributed by atoms with Crippen LogP contribution >= 0.6 is 0 Å². The number of rotatable bonds is 8. The Morgan fingerprint density at radius 3 is 0.500 bits per heavy atom. The molecule has 0 saturated heterocycles. The molecule has 0 N–H and O–H groups in total. The Balaban J connectivity index is 1.35. The van der Waals surface area contributed by atoms with Crippen molar-refractivity contribution in [1.82, 2.24) is 0 Å². The Morgan fingerprint density at radius 1 is 0.155 bits per heavy atom. The second kappa shape index (κ2) is 15.8. The first-order valence-electron chi connectivity index (χ1n) is 20.3. The smallest absolute Gasteiger partial charge is 0.00210 e. The van der Waals surface area contributed by atoms with Crippen molar-refractivity contribution >= 4 is 0 Å². The summed E-state index contributed by atoms with van der Waals surface area (Å²) < 4.78 is 0. The fourth-order valence-corrected chi connectivity index (χ4v) is 9.38. The highest BCUT2D eigenvalue weighted by Gasteiger charge is 2.26. The monoisotopic (exact) mass is 742 g/mol. The molecule has 278 valence electrons. The first-order chi connectivity index (χ1) is 28.5. The zero-order valence-corrected chi connectivity index (χ0v) is 33.6. The van der Waals surface area contributed by atoms with Gasteiger partial charge in [0.05, 0.1) is 0 Å². The molecule has 0 aliphatic heterocycles. The summed E-state index contributed by atoms with van der Waals surface area (Å²) >= 11 is 0. The summed E-state index contributed by atoms with van der Waals surface area (Å²) in [5.74, 6) is 0. The molecular weight excluding hydrogens is 697 g/mol. The normalized spacial score (nSPS) is 11.1. The maximum atomic E-state index is 2.37. The highest BCUT2D eigenvalue weighted by Crippen LogP contribution is 2.51. The molecule has 0 saturated carbocycles. The lowest BCUT2D eigenvalue weighted by atomic mass is 9.77. The Morgan fingerprint density at radius 2 is 0.310 bits per heavy atom. The maximum Gasteiger partial charge on any atom is -0.00210 e. The zero-order valence-electron chi connectivity index (χ0n) is 33.6. The first kappa shape index (κ1) is 36.6. The van der Waals surface area contributed by atoms with Gasteiger partial charge in [0.15, 0.2) is 0 Å². The van der Waals surface area contributed by atoms with Crippen LogP contribution in [-0.2, 0) is 0 Å². The number of benzene rings is 9. The third kappa shape index (κ3) is 6.57. The van der Waals surface area contributed by atoms with E-state index >= 15 is 0 Å². The van der Waals surface area contributed by atoms with E-state index in [4.69, 9.17) is 0 Å². The summed E-state index contributed by atoms with van der Waals surface area (Å²) in [4.78, 5) is 0. The molecule has 0 heteroatoms. The SMILES string of the molecule is Cc1c(-c2ccccc2)c(C)c(-c2ccccc2)c(-c2ccc(-c3c(-c4ccccc4)c(C)c(-c4ccccc4)c(C)c3-c3ccccc3)cc2)c1-c1ccccc1. The van der Waals surface area contributed by atoms with Crippen molar-refractivity contribution in [3.63, 3.8) is 0 Å². The van der Waals surface area contributed by atoms with Gasteiger partial charge in [0.2, 0.25) is 0 Å². The highest BCUT2D eigenvalue weighted by atomic mass is 14.3. The van der Waals surface area contributed by atoms with E-state index < -0.39 is 0 Å². The molecule has 9 aromatic carbocycles. The molecule has 9 rings (SSSR count). The van der Waals surface area contributed by atoms with Crippen LogP contribution in [0.4, 0.5) is 0 Å². The Kier molecular flexibility index (Phi) is 10.0. The molecular formula is C58H46. The van der Waals surface area contributed by atoms with Crippen molar-refractivity contribution in [3.8, 4) is 89.0 Å². The van der Waals surface area contributed by atoms with Crippen LogP contribution in [-0.4, -0.2) is 0 Å². The van der Waals surface area contributed by atoms with Gasteiger partial charge in [-0.3, -0.25) is 0 Å². The minimum Gasteiger partial charge on any atom is -0.0622 e. The number of hydrogen-bond acceptors (Lipinski definition) is 0. The van der Waals surface area contributed by atoms with Gasteiger partial charge in [0.25, 0.3) is 0 Å². The van der Waals surface area contributed by atoms with Gasteiger partial charge in [-0.2, -0.15) is 0 Å². The van der Waals surface area contributed by atoms with E-state index in [0.717, 1.165) is 0 Å². The number of hydrogen-bond donors (Lipinski definition) is 0. The quantitative estimate of drug-likeness (QED) is 0.145. The third-order valence-electron chi connectivity index (χ3n) is 11.8. The molecule has 0 atom stereocenters. The first-order valence-corrected chi connectivity index (χ1v) is 20.3. The molecule has 58 heavy (non-hydrogen) atoms. The Bertz CT molecular complexity index is 2500. The third-order valence-corrected chi connectivity index (χ3v) is 11.8. The largest absolute Gasteiger partial charge is 0.0622 e. The van der Waals surface area contributed by atoms with Gasteiger partial charge in [0, 0.05) is 0 Å². The average Bonchev–Trinajstić information content (AvgIpc) is 3.28. The second-order valence-corrected chi connectivity index (χ2v) is 15.3. The van der Waals surface area contributed by atoms with Gasteiger partial charge in [-0.25, -0.2) is 0 Å².